The second-order valence-electron chi connectivity index (χ2n) is 6.45. The highest BCUT2D eigenvalue weighted by Gasteiger charge is 2.25. The van der Waals surface area contributed by atoms with Crippen molar-refractivity contribution in [2.45, 2.75) is 20.8 Å². The van der Waals surface area contributed by atoms with Crippen LogP contribution >= 0.6 is 0 Å². The monoisotopic (exact) mass is 393 g/mol. The molecule has 0 saturated carbocycles. The van der Waals surface area contributed by atoms with Gasteiger partial charge in [0.1, 0.15) is 12.1 Å². The molecule has 1 heterocycles. The summed E-state index contributed by atoms with van der Waals surface area (Å²) >= 11 is 0. The number of ether oxygens (including phenoxy) is 1. The van der Waals surface area contributed by atoms with Crippen molar-refractivity contribution in [1.29, 1.82) is 0 Å². The molecule has 0 spiro atoms. The maximum atomic E-state index is 12.4. The molecular formula is C20H19N5O4. The predicted molar refractivity (Wildman–Crippen MR) is 107 cm³/mol. The quantitative estimate of drug-likeness (QED) is 0.482. The highest BCUT2D eigenvalue weighted by molar-refractivity contribution is 5.96. The van der Waals surface area contributed by atoms with Crippen molar-refractivity contribution in [3.05, 3.63) is 81.2 Å². The van der Waals surface area contributed by atoms with Crippen LogP contribution in [0.3, 0.4) is 0 Å². The number of nitrogens with one attached hydrogen (secondary N) is 2. The average molecular weight is 393 g/mol. The van der Waals surface area contributed by atoms with E-state index in [1.165, 1.54) is 0 Å². The lowest BCUT2D eigenvalue weighted by Crippen LogP contribution is -2.30. The summed E-state index contributed by atoms with van der Waals surface area (Å²) < 4.78 is 5.64. The number of hydrogen-bond donors (Lipinski definition) is 2. The Morgan fingerprint density at radius 2 is 1.76 bits per heavy atom. The molecule has 0 unspecified atom stereocenters. The normalized spacial score (nSPS) is 10.3. The van der Waals surface area contributed by atoms with Crippen molar-refractivity contribution in [2.24, 2.45) is 0 Å². The summed E-state index contributed by atoms with van der Waals surface area (Å²) in [6, 6.07) is 12.4. The van der Waals surface area contributed by atoms with Gasteiger partial charge in [0.15, 0.2) is 0 Å². The minimum Gasteiger partial charge on any atom is -0.434 e. The van der Waals surface area contributed by atoms with E-state index < -0.39 is 16.5 Å². The molecule has 0 radical (unpaired) electrons. The highest BCUT2D eigenvalue weighted by atomic mass is 16.6. The molecule has 2 N–H and O–H groups in total. The molecule has 9 heteroatoms. The minimum atomic E-state index is -0.666. The van der Waals surface area contributed by atoms with Crippen LogP contribution in [0.1, 0.15) is 27.0 Å². The average Bonchev–Trinajstić information content (AvgIpc) is 2.65. The van der Waals surface area contributed by atoms with Gasteiger partial charge in [-0.15, -0.1) is 0 Å². The number of aromatic nitrogens is 2. The van der Waals surface area contributed by atoms with E-state index in [9.17, 15) is 14.9 Å². The smallest absolute Gasteiger partial charge is 0.374 e. The maximum Gasteiger partial charge on any atom is 0.374 e. The first kappa shape index (κ1) is 19.7. The number of aryl methyl sites for hydroxylation is 3. The third kappa shape index (κ3) is 4.64. The molecule has 0 saturated heterocycles. The molecule has 0 fully saturated rings. The van der Waals surface area contributed by atoms with E-state index in [-0.39, 0.29) is 11.7 Å². The minimum absolute atomic E-state index is 0.189. The summed E-state index contributed by atoms with van der Waals surface area (Å²) in [6.07, 6.45) is 1.12. The van der Waals surface area contributed by atoms with E-state index in [2.05, 4.69) is 20.8 Å². The van der Waals surface area contributed by atoms with Crippen LogP contribution in [0, 0.1) is 30.9 Å². The topological polar surface area (TPSA) is 119 Å². The van der Waals surface area contributed by atoms with Crippen molar-refractivity contribution in [3.63, 3.8) is 0 Å². The molecule has 1 amide bonds. The van der Waals surface area contributed by atoms with Gasteiger partial charge in [0.05, 0.1) is 4.92 Å². The first-order chi connectivity index (χ1) is 13.8. The first-order valence-corrected chi connectivity index (χ1v) is 8.72. The standard InChI is InChI=1S/C20H19N5O4/c1-12-8-13(2)10-15(9-12)29-20-17(25(27)28)18(21-11-22-20)23-24-19(26)16-7-5-4-6-14(16)3/h4-11H,1-3H3,(H,24,26)(H,21,22,23). The van der Waals surface area contributed by atoms with Crippen molar-refractivity contribution >= 4 is 17.4 Å². The van der Waals surface area contributed by atoms with E-state index >= 15 is 0 Å². The number of carbonyl (C=O) groups excluding carboxylic acids is 1. The van der Waals surface area contributed by atoms with Gasteiger partial charge in [-0.25, -0.2) is 4.98 Å². The Labute approximate surface area is 166 Å². The highest BCUT2D eigenvalue weighted by Crippen LogP contribution is 2.34. The van der Waals surface area contributed by atoms with Gasteiger partial charge in [0.25, 0.3) is 5.91 Å². The van der Waals surface area contributed by atoms with E-state index in [1.54, 1.807) is 37.3 Å². The molecule has 0 aliphatic heterocycles. The van der Waals surface area contributed by atoms with Gasteiger partial charge in [0.2, 0.25) is 5.82 Å². The summed E-state index contributed by atoms with van der Waals surface area (Å²) in [5.41, 5.74) is 7.52. The van der Waals surface area contributed by atoms with Gasteiger partial charge < -0.3 is 4.74 Å². The molecule has 0 aliphatic rings. The van der Waals surface area contributed by atoms with Crippen LogP contribution < -0.4 is 15.6 Å². The Hall–Kier alpha value is -4.01. The third-order valence-electron chi connectivity index (χ3n) is 4.07. The van der Waals surface area contributed by atoms with Crippen LogP contribution in [-0.2, 0) is 0 Å². The molecule has 3 rings (SSSR count). The first-order valence-electron chi connectivity index (χ1n) is 8.72. The molecule has 9 nitrogen and oxygen atoms in total. The van der Waals surface area contributed by atoms with Gasteiger partial charge in [0, 0.05) is 5.56 Å². The van der Waals surface area contributed by atoms with Gasteiger partial charge >= 0.3 is 11.6 Å². The lowest BCUT2D eigenvalue weighted by molar-refractivity contribution is -0.385. The molecule has 29 heavy (non-hydrogen) atoms. The molecule has 2 aromatic carbocycles. The number of nitrogens with zero attached hydrogens (tertiary/aromatic N) is 3. The molecule has 0 aliphatic carbocycles. The van der Waals surface area contributed by atoms with E-state index in [4.69, 9.17) is 4.74 Å². The van der Waals surface area contributed by atoms with Crippen LogP contribution in [0.4, 0.5) is 11.5 Å². The van der Waals surface area contributed by atoms with Gasteiger partial charge in [-0.2, -0.15) is 4.98 Å². The zero-order valence-corrected chi connectivity index (χ0v) is 16.1. The Morgan fingerprint density at radius 3 is 2.41 bits per heavy atom. The van der Waals surface area contributed by atoms with E-state index in [1.807, 2.05) is 26.0 Å². The van der Waals surface area contributed by atoms with E-state index in [0.29, 0.717) is 11.3 Å². The molecule has 0 atom stereocenters. The fourth-order valence-corrected chi connectivity index (χ4v) is 2.81. The number of benzene rings is 2. The van der Waals surface area contributed by atoms with E-state index in [0.717, 1.165) is 23.0 Å². The lowest BCUT2D eigenvalue weighted by Gasteiger charge is -2.11. The summed E-state index contributed by atoms with van der Waals surface area (Å²) in [5, 5.41) is 11.6. The van der Waals surface area contributed by atoms with Gasteiger partial charge in [-0.1, -0.05) is 24.3 Å². The zero-order chi connectivity index (χ0) is 21.0. The van der Waals surface area contributed by atoms with Crippen molar-refractivity contribution in [3.8, 4) is 11.6 Å². The number of nitro groups is 1. The Bertz CT molecular complexity index is 1060. The molecular weight excluding hydrogens is 374 g/mol. The maximum absolute atomic E-state index is 12.4. The fourth-order valence-electron chi connectivity index (χ4n) is 2.81. The molecule has 1 aromatic heterocycles. The number of rotatable bonds is 6. The SMILES string of the molecule is Cc1cc(C)cc(Oc2ncnc(NNC(=O)c3ccccc3C)c2[N+](=O)[O-])c1. The van der Waals surface area contributed by atoms with Crippen molar-refractivity contribution in [2.75, 3.05) is 5.43 Å². The second-order valence-corrected chi connectivity index (χ2v) is 6.45. The van der Waals surface area contributed by atoms with Crippen LogP contribution in [0.5, 0.6) is 11.6 Å². The second kappa shape index (κ2) is 8.34. The summed E-state index contributed by atoms with van der Waals surface area (Å²) in [4.78, 5) is 31.1. The Kier molecular flexibility index (Phi) is 5.68. The van der Waals surface area contributed by atoms with Crippen LogP contribution in [0.25, 0.3) is 0 Å². The fraction of sp³-hybridized carbons (Fsp3) is 0.150. The third-order valence-corrected chi connectivity index (χ3v) is 4.07. The zero-order valence-electron chi connectivity index (χ0n) is 16.1. The Morgan fingerprint density at radius 1 is 1.07 bits per heavy atom. The number of carbonyl (C=O) groups is 1. The summed E-state index contributed by atoms with van der Waals surface area (Å²) in [5.74, 6) is -0.457. The largest absolute Gasteiger partial charge is 0.434 e. The van der Waals surface area contributed by atoms with Gasteiger partial charge in [-0.3, -0.25) is 25.8 Å². The lowest BCUT2D eigenvalue weighted by atomic mass is 10.1. The summed E-state index contributed by atoms with van der Waals surface area (Å²) in [6.45, 7) is 5.57. The number of hydrazine groups is 1. The molecule has 3 aromatic rings. The van der Waals surface area contributed by atoms with Crippen LogP contribution in [0.2, 0.25) is 0 Å². The van der Waals surface area contributed by atoms with Crippen molar-refractivity contribution < 1.29 is 14.5 Å². The van der Waals surface area contributed by atoms with Crippen LogP contribution in [0.15, 0.2) is 48.8 Å². The number of hydrogen-bond acceptors (Lipinski definition) is 7. The predicted octanol–water partition coefficient (Wildman–Crippen LogP) is 3.86. The molecule has 148 valence electrons. The number of amides is 1. The Balaban J connectivity index is 1.86. The van der Waals surface area contributed by atoms with Crippen molar-refractivity contribution in [1.82, 2.24) is 15.4 Å². The number of anilines is 1. The van der Waals surface area contributed by atoms with Crippen LogP contribution in [-0.4, -0.2) is 20.8 Å². The van der Waals surface area contributed by atoms with Gasteiger partial charge in [-0.05, 0) is 55.7 Å². The summed E-state index contributed by atoms with van der Waals surface area (Å²) in [7, 11) is 0. The molecule has 0 bridgehead atoms.